The van der Waals surface area contributed by atoms with Crippen LogP contribution in [0.15, 0.2) is 30.3 Å². The maximum atomic E-state index is 12.3. The fourth-order valence-corrected chi connectivity index (χ4v) is 5.47. The molecule has 0 N–H and O–H groups in total. The molecule has 0 saturated carbocycles. The van der Waals surface area contributed by atoms with E-state index in [9.17, 15) is 13.2 Å². The van der Waals surface area contributed by atoms with Crippen molar-refractivity contribution in [3.8, 4) is 0 Å². The Hall–Kier alpha value is -1.40. The molecule has 1 aromatic rings. The average Bonchev–Trinajstić information content (AvgIpc) is 2.92. The molecule has 0 spiro atoms. The summed E-state index contributed by atoms with van der Waals surface area (Å²) >= 11 is 0. The second-order valence-corrected chi connectivity index (χ2v) is 9.18. The summed E-state index contributed by atoms with van der Waals surface area (Å²) in [5.74, 6) is 1.14. The highest BCUT2D eigenvalue weighted by atomic mass is 32.2. The number of benzene rings is 1. The summed E-state index contributed by atoms with van der Waals surface area (Å²) in [7, 11) is -2.80. The van der Waals surface area contributed by atoms with Gasteiger partial charge in [-0.15, -0.1) is 0 Å². The van der Waals surface area contributed by atoms with E-state index in [0.717, 1.165) is 45.4 Å². The number of carbonyl (C=O) groups excluding carboxylic acids is 1. The van der Waals surface area contributed by atoms with E-state index in [1.807, 2.05) is 23.1 Å². The third-order valence-electron chi connectivity index (χ3n) is 5.09. The molecule has 0 aromatic heterocycles. The molecule has 2 aliphatic rings. The Bertz CT molecular complexity index is 660. The molecule has 2 heterocycles. The fraction of sp³-hybridized carbons (Fsp3) is 0.611. The van der Waals surface area contributed by atoms with Gasteiger partial charge in [-0.25, -0.2) is 8.42 Å². The largest absolute Gasteiger partial charge is 0.340 e. The predicted octanol–water partition coefficient (Wildman–Crippen LogP) is 1.20. The lowest BCUT2D eigenvalue weighted by Gasteiger charge is -2.34. The standard InChI is InChI=1S/C18H26N2O3S/c21-18-14-19(9-6-17-8-13-24(22,23)15-17)11-12-20(18)10-7-16-4-2-1-3-5-16/h1-5,17H,6-15H2/t17-/m0/s1. The molecule has 1 atom stereocenters. The number of nitrogens with zero attached hydrogens (tertiary/aromatic N) is 2. The highest BCUT2D eigenvalue weighted by Crippen LogP contribution is 2.22. The number of piperazine rings is 1. The number of hydrogen-bond donors (Lipinski definition) is 0. The molecule has 24 heavy (non-hydrogen) atoms. The first kappa shape index (κ1) is 17.4. The molecule has 5 nitrogen and oxygen atoms in total. The Balaban J connectivity index is 1.40. The van der Waals surface area contributed by atoms with Crippen LogP contribution in [0.5, 0.6) is 0 Å². The monoisotopic (exact) mass is 350 g/mol. The van der Waals surface area contributed by atoms with Gasteiger partial charge in [0.1, 0.15) is 0 Å². The van der Waals surface area contributed by atoms with Crippen LogP contribution in [-0.2, 0) is 21.1 Å². The third-order valence-corrected chi connectivity index (χ3v) is 6.93. The number of amides is 1. The molecule has 2 saturated heterocycles. The highest BCUT2D eigenvalue weighted by molar-refractivity contribution is 7.91. The molecule has 0 aliphatic carbocycles. The molecular formula is C18H26N2O3S. The van der Waals surface area contributed by atoms with E-state index >= 15 is 0 Å². The van der Waals surface area contributed by atoms with Gasteiger partial charge in [0.05, 0.1) is 18.1 Å². The molecule has 0 unspecified atom stereocenters. The highest BCUT2D eigenvalue weighted by Gasteiger charge is 2.29. The van der Waals surface area contributed by atoms with Crippen molar-refractivity contribution in [1.29, 1.82) is 0 Å². The van der Waals surface area contributed by atoms with Gasteiger partial charge < -0.3 is 4.90 Å². The van der Waals surface area contributed by atoms with Gasteiger partial charge in [-0.05, 0) is 37.3 Å². The van der Waals surface area contributed by atoms with Crippen LogP contribution in [0, 0.1) is 5.92 Å². The molecular weight excluding hydrogens is 324 g/mol. The molecule has 3 rings (SSSR count). The average molecular weight is 350 g/mol. The zero-order valence-corrected chi connectivity index (χ0v) is 14.9. The van der Waals surface area contributed by atoms with Crippen molar-refractivity contribution in [3.05, 3.63) is 35.9 Å². The number of hydrogen-bond acceptors (Lipinski definition) is 4. The predicted molar refractivity (Wildman–Crippen MR) is 94.5 cm³/mol. The zero-order chi connectivity index (χ0) is 17.0. The van der Waals surface area contributed by atoms with E-state index in [2.05, 4.69) is 17.0 Å². The summed E-state index contributed by atoms with van der Waals surface area (Å²) < 4.78 is 23.0. The summed E-state index contributed by atoms with van der Waals surface area (Å²) in [4.78, 5) is 16.4. The SMILES string of the molecule is O=C1CN(CC[C@H]2CCS(=O)(=O)C2)CCN1CCc1ccccc1. The van der Waals surface area contributed by atoms with Crippen molar-refractivity contribution in [1.82, 2.24) is 9.80 Å². The van der Waals surface area contributed by atoms with Crippen molar-refractivity contribution < 1.29 is 13.2 Å². The number of sulfone groups is 1. The second-order valence-electron chi connectivity index (χ2n) is 6.95. The van der Waals surface area contributed by atoms with Crippen LogP contribution in [0.4, 0.5) is 0 Å². The molecule has 1 aromatic carbocycles. The van der Waals surface area contributed by atoms with Crippen LogP contribution in [-0.4, -0.2) is 68.4 Å². The van der Waals surface area contributed by atoms with Gasteiger partial charge in [0.15, 0.2) is 9.84 Å². The maximum absolute atomic E-state index is 12.3. The molecule has 132 valence electrons. The fourth-order valence-electron chi connectivity index (χ4n) is 3.56. The Kier molecular flexibility index (Phi) is 5.56. The van der Waals surface area contributed by atoms with E-state index in [4.69, 9.17) is 0 Å². The summed E-state index contributed by atoms with van der Waals surface area (Å²) in [6.07, 6.45) is 2.57. The van der Waals surface area contributed by atoms with Crippen LogP contribution in [0.25, 0.3) is 0 Å². The van der Waals surface area contributed by atoms with Crippen molar-refractivity contribution >= 4 is 15.7 Å². The van der Waals surface area contributed by atoms with Gasteiger partial charge in [0.25, 0.3) is 0 Å². The van der Waals surface area contributed by atoms with Crippen LogP contribution in [0.2, 0.25) is 0 Å². The van der Waals surface area contributed by atoms with Gasteiger partial charge in [-0.1, -0.05) is 30.3 Å². The topological polar surface area (TPSA) is 57.7 Å². The smallest absolute Gasteiger partial charge is 0.236 e. The minimum atomic E-state index is -2.80. The van der Waals surface area contributed by atoms with E-state index in [-0.39, 0.29) is 11.8 Å². The molecule has 2 aliphatic heterocycles. The van der Waals surface area contributed by atoms with Crippen molar-refractivity contribution in [3.63, 3.8) is 0 Å². The van der Waals surface area contributed by atoms with E-state index in [1.54, 1.807) is 0 Å². The normalized spacial score (nSPS) is 24.4. The van der Waals surface area contributed by atoms with Gasteiger partial charge in [-0.3, -0.25) is 9.69 Å². The summed E-state index contributed by atoms with van der Waals surface area (Å²) in [6, 6.07) is 10.2. The lowest BCUT2D eigenvalue weighted by atomic mass is 10.0. The van der Waals surface area contributed by atoms with Gasteiger partial charge in [0, 0.05) is 19.6 Å². The minimum absolute atomic E-state index is 0.191. The van der Waals surface area contributed by atoms with Crippen LogP contribution < -0.4 is 0 Å². The van der Waals surface area contributed by atoms with Crippen molar-refractivity contribution in [2.24, 2.45) is 5.92 Å². The first-order valence-corrected chi connectivity index (χ1v) is 10.6. The zero-order valence-electron chi connectivity index (χ0n) is 14.1. The lowest BCUT2D eigenvalue weighted by Crippen LogP contribution is -2.51. The Morgan fingerprint density at radius 3 is 2.54 bits per heavy atom. The summed E-state index contributed by atoms with van der Waals surface area (Å²) in [6.45, 7) is 3.74. The van der Waals surface area contributed by atoms with Crippen LogP contribution >= 0.6 is 0 Å². The quantitative estimate of drug-likeness (QED) is 0.774. The number of rotatable bonds is 6. The second kappa shape index (κ2) is 7.66. The number of carbonyl (C=O) groups is 1. The lowest BCUT2D eigenvalue weighted by molar-refractivity contribution is -0.136. The van der Waals surface area contributed by atoms with E-state index in [1.165, 1.54) is 5.56 Å². The Morgan fingerprint density at radius 1 is 1.08 bits per heavy atom. The van der Waals surface area contributed by atoms with Gasteiger partial charge >= 0.3 is 0 Å². The van der Waals surface area contributed by atoms with Gasteiger partial charge in [0.2, 0.25) is 5.91 Å². The molecule has 6 heteroatoms. The van der Waals surface area contributed by atoms with Crippen LogP contribution in [0.1, 0.15) is 18.4 Å². The molecule has 2 fully saturated rings. The molecule has 0 radical (unpaired) electrons. The van der Waals surface area contributed by atoms with Crippen LogP contribution in [0.3, 0.4) is 0 Å². The van der Waals surface area contributed by atoms with Crippen molar-refractivity contribution in [2.75, 3.05) is 44.2 Å². The molecule has 0 bridgehead atoms. The Labute approximate surface area is 144 Å². The third kappa shape index (κ3) is 4.80. The maximum Gasteiger partial charge on any atom is 0.236 e. The first-order valence-electron chi connectivity index (χ1n) is 8.76. The van der Waals surface area contributed by atoms with Crippen molar-refractivity contribution in [2.45, 2.75) is 19.3 Å². The van der Waals surface area contributed by atoms with E-state index in [0.29, 0.717) is 18.1 Å². The molecule has 1 amide bonds. The Morgan fingerprint density at radius 2 is 1.88 bits per heavy atom. The summed E-state index contributed by atoms with van der Waals surface area (Å²) in [5, 5.41) is 0. The minimum Gasteiger partial charge on any atom is -0.340 e. The summed E-state index contributed by atoms with van der Waals surface area (Å²) in [5.41, 5.74) is 1.26. The van der Waals surface area contributed by atoms with Gasteiger partial charge in [-0.2, -0.15) is 0 Å². The first-order chi connectivity index (χ1) is 11.5. The van der Waals surface area contributed by atoms with E-state index < -0.39 is 9.84 Å².